The van der Waals surface area contributed by atoms with Gasteiger partial charge in [-0.05, 0) is 68.3 Å². The highest BCUT2D eigenvalue weighted by molar-refractivity contribution is 7.13. The van der Waals surface area contributed by atoms with Crippen molar-refractivity contribution in [2.75, 3.05) is 37.9 Å². The Morgan fingerprint density at radius 1 is 0.628 bits per heavy atom. The summed E-state index contributed by atoms with van der Waals surface area (Å²) in [5.74, 6) is 0. The summed E-state index contributed by atoms with van der Waals surface area (Å²) in [4.78, 5) is 4.23. The standard InChI is InChI=1S/C34H36N8S/c1-4-23(3)36-30-15-16-31(26-10-6-5-9-25(26)30)40-41-33-18-17-32(27-11-7-8-12-28(27)33)39-38-29-14-13-24(21-22(29)2)37-42-34-35-19-20-43-34/h5-21,23,36-41H,4H2,1-3H3,(H,35,42). The minimum Gasteiger partial charge on any atom is -0.382 e. The molecule has 6 rings (SSSR count). The molecule has 0 spiro atoms. The molecule has 0 amide bonds. The minimum atomic E-state index is 0.408. The maximum Gasteiger partial charge on any atom is 0.201 e. The van der Waals surface area contributed by atoms with Gasteiger partial charge in [-0.25, -0.2) is 4.98 Å². The van der Waals surface area contributed by atoms with Crippen LogP contribution in [0.15, 0.2) is 103 Å². The molecule has 6 aromatic rings. The summed E-state index contributed by atoms with van der Waals surface area (Å²) in [5, 5.41) is 10.9. The third-order valence-corrected chi connectivity index (χ3v) is 8.19. The van der Waals surface area contributed by atoms with Gasteiger partial charge in [0.1, 0.15) is 0 Å². The van der Waals surface area contributed by atoms with Crippen LogP contribution < -0.4 is 37.9 Å². The van der Waals surface area contributed by atoms with Crippen LogP contribution in [-0.4, -0.2) is 11.0 Å². The van der Waals surface area contributed by atoms with Gasteiger partial charge in [-0.3, -0.25) is 10.9 Å². The number of hydrogen-bond donors (Lipinski definition) is 7. The van der Waals surface area contributed by atoms with Gasteiger partial charge in [0, 0.05) is 44.9 Å². The maximum absolute atomic E-state index is 4.23. The van der Waals surface area contributed by atoms with E-state index in [1.807, 2.05) is 17.5 Å². The van der Waals surface area contributed by atoms with Gasteiger partial charge in [-0.1, -0.05) is 55.5 Å². The van der Waals surface area contributed by atoms with Gasteiger partial charge in [0.2, 0.25) is 5.13 Å². The molecule has 0 fully saturated rings. The fourth-order valence-corrected chi connectivity index (χ4v) is 5.46. The zero-order chi connectivity index (χ0) is 29.6. The second-order valence-corrected chi connectivity index (χ2v) is 11.4. The molecule has 0 aliphatic rings. The van der Waals surface area contributed by atoms with Crippen LogP contribution >= 0.6 is 11.3 Å². The molecule has 8 nitrogen and oxygen atoms in total. The molecule has 9 heteroatoms. The average Bonchev–Trinajstić information content (AvgIpc) is 3.57. The van der Waals surface area contributed by atoms with Gasteiger partial charge in [0.15, 0.2) is 0 Å². The van der Waals surface area contributed by atoms with Crippen LogP contribution in [-0.2, 0) is 0 Å². The largest absolute Gasteiger partial charge is 0.382 e. The van der Waals surface area contributed by atoms with E-state index in [1.54, 1.807) is 17.5 Å². The number of fused-ring (bicyclic) bond motifs is 2. The van der Waals surface area contributed by atoms with E-state index in [2.05, 4.69) is 142 Å². The van der Waals surface area contributed by atoms with Gasteiger partial charge in [-0.2, -0.15) is 0 Å². The molecule has 0 saturated heterocycles. The zero-order valence-electron chi connectivity index (χ0n) is 24.5. The maximum atomic E-state index is 4.23. The number of hydrogen-bond acceptors (Lipinski definition) is 9. The van der Waals surface area contributed by atoms with Crippen molar-refractivity contribution in [2.45, 2.75) is 33.2 Å². The fourth-order valence-electron chi connectivity index (χ4n) is 4.98. The Morgan fingerprint density at radius 2 is 1.14 bits per heavy atom. The zero-order valence-corrected chi connectivity index (χ0v) is 25.3. The van der Waals surface area contributed by atoms with Crippen LogP contribution in [0.5, 0.6) is 0 Å². The third kappa shape index (κ3) is 6.37. The normalized spacial score (nSPS) is 11.6. The van der Waals surface area contributed by atoms with Crippen molar-refractivity contribution in [3.63, 3.8) is 0 Å². The van der Waals surface area contributed by atoms with E-state index in [9.17, 15) is 0 Å². The predicted octanol–water partition coefficient (Wildman–Crippen LogP) is 9.29. The second kappa shape index (κ2) is 12.8. The smallest absolute Gasteiger partial charge is 0.201 e. The first-order chi connectivity index (χ1) is 21.1. The van der Waals surface area contributed by atoms with Crippen molar-refractivity contribution < 1.29 is 0 Å². The fraction of sp³-hybridized carbons (Fsp3) is 0.147. The molecule has 43 heavy (non-hydrogen) atoms. The molecule has 0 radical (unpaired) electrons. The molecule has 1 unspecified atom stereocenters. The molecule has 0 aliphatic heterocycles. The Labute approximate surface area is 255 Å². The van der Waals surface area contributed by atoms with Gasteiger partial charge < -0.3 is 27.0 Å². The molecular weight excluding hydrogens is 552 g/mol. The topological polar surface area (TPSA) is 97.1 Å². The highest BCUT2D eigenvalue weighted by Crippen LogP contribution is 2.33. The van der Waals surface area contributed by atoms with Crippen LogP contribution in [0, 0.1) is 6.92 Å². The van der Waals surface area contributed by atoms with Crippen LogP contribution in [0.4, 0.5) is 39.3 Å². The van der Waals surface area contributed by atoms with E-state index in [4.69, 9.17) is 0 Å². The highest BCUT2D eigenvalue weighted by Gasteiger charge is 2.10. The van der Waals surface area contributed by atoms with Crippen molar-refractivity contribution >= 4 is 72.1 Å². The number of anilines is 7. The second-order valence-electron chi connectivity index (χ2n) is 10.5. The Morgan fingerprint density at radius 3 is 1.65 bits per heavy atom. The lowest BCUT2D eigenvalue weighted by atomic mass is 10.1. The molecule has 1 atom stereocenters. The summed E-state index contributed by atoms with van der Waals surface area (Å²) < 4.78 is 0. The lowest BCUT2D eigenvalue weighted by molar-refractivity contribution is 0.765. The summed E-state index contributed by atoms with van der Waals surface area (Å²) >= 11 is 1.54. The van der Waals surface area contributed by atoms with Gasteiger partial charge >= 0.3 is 0 Å². The molecule has 7 N–H and O–H groups in total. The number of aromatic nitrogens is 1. The van der Waals surface area contributed by atoms with E-state index in [0.29, 0.717) is 6.04 Å². The van der Waals surface area contributed by atoms with Crippen LogP contribution in [0.2, 0.25) is 0 Å². The summed E-state index contributed by atoms with van der Waals surface area (Å²) in [6, 6.07) is 31.9. The summed E-state index contributed by atoms with van der Waals surface area (Å²) in [7, 11) is 0. The number of benzene rings is 5. The molecular formula is C34H36N8S. The van der Waals surface area contributed by atoms with Gasteiger partial charge in [0.25, 0.3) is 0 Å². The molecule has 5 aromatic carbocycles. The molecule has 218 valence electrons. The lowest BCUT2D eigenvalue weighted by Gasteiger charge is -2.19. The Kier molecular flexibility index (Phi) is 8.33. The van der Waals surface area contributed by atoms with E-state index in [0.717, 1.165) is 67.4 Å². The first-order valence-electron chi connectivity index (χ1n) is 14.5. The number of aryl methyl sites for hydroxylation is 1. The third-order valence-electron chi connectivity index (χ3n) is 7.50. The minimum absolute atomic E-state index is 0.408. The van der Waals surface area contributed by atoms with Crippen molar-refractivity contribution in [1.29, 1.82) is 0 Å². The first kappa shape index (κ1) is 28.0. The summed E-state index contributed by atoms with van der Waals surface area (Å²) in [6.07, 6.45) is 2.84. The molecule has 1 heterocycles. The van der Waals surface area contributed by atoms with Crippen molar-refractivity contribution in [3.8, 4) is 0 Å². The Hall–Kier alpha value is -5.15. The Bertz CT molecular complexity index is 1840. The molecule has 1 aromatic heterocycles. The number of hydrazine groups is 3. The van der Waals surface area contributed by atoms with Gasteiger partial charge in [-0.15, -0.1) is 11.3 Å². The van der Waals surface area contributed by atoms with E-state index < -0.39 is 0 Å². The van der Waals surface area contributed by atoms with Crippen molar-refractivity contribution in [3.05, 3.63) is 108 Å². The summed E-state index contributed by atoms with van der Waals surface area (Å²) in [5.41, 5.74) is 27.3. The number of thiazole rings is 1. The van der Waals surface area contributed by atoms with Crippen molar-refractivity contribution in [2.24, 2.45) is 0 Å². The average molecular weight is 589 g/mol. The molecule has 0 bridgehead atoms. The first-order valence-corrected chi connectivity index (χ1v) is 15.3. The molecule has 0 saturated carbocycles. The van der Waals surface area contributed by atoms with Crippen LogP contribution in [0.3, 0.4) is 0 Å². The summed E-state index contributed by atoms with van der Waals surface area (Å²) in [6.45, 7) is 6.48. The lowest BCUT2D eigenvalue weighted by Crippen LogP contribution is -2.14. The van der Waals surface area contributed by atoms with Crippen molar-refractivity contribution in [1.82, 2.24) is 4.98 Å². The monoisotopic (exact) mass is 588 g/mol. The van der Waals surface area contributed by atoms with Gasteiger partial charge in [0.05, 0.1) is 28.4 Å². The predicted molar refractivity (Wildman–Crippen MR) is 186 cm³/mol. The van der Waals surface area contributed by atoms with E-state index in [1.165, 1.54) is 5.39 Å². The SMILES string of the molecule is CCC(C)Nc1ccc(NNc2ccc(NNc3ccc(NNc4nccs4)cc3C)c3ccccc23)c2ccccc12. The highest BCUT2D eigenvalue weighted by atomic mass is 32.1. The quantitative estimate of drug-likeness (QED) is 0.0711. The molecule has 0 aliphatic carbocycles. The van der Waals surface area contributed by atoms with E-state index in [-0.39, 0.29) is 0 Å². The Balaban J connectivity index is 1.16. The van der Waals surface area contributed by atoms with E-state index >= 15 is 0 Å². The number of nitrogens with zero attached hydrogens (tertiary/aromatic N) is 1. The number of rotatable bonds is 12. The number of nitrogens with one attached hydrogen (secondary N) is 7. The van der Waals surface area contributed by atoms with Crippen LogP contribution in [0.1, 0.15) is 25.8 Å². The van der Waals surface area contributed by atoms with Crippen LogP contribution in [0.25, 0.3) is 21.5 Å².